The van der Waals surface area contributed by atoms with Crippen LogP contribution in [0.15, 0.2) is 70.4 Å². The average molecular weight is 466 g/mol. The van der Waals surface area contributed by atoms with Crippen LogP contribution in [-0.2, 0) is 15.6 Å². The number of carbonyl (C=O) groups is 1. The van der Waals surface area contributed by atoms with E-state index in [-0.39, 0.29) is 41.0 Å². The third-order valence-electron chi connectivity index (χ3n) is 4.52. The molecule has 31 heavy (non-hydrogen) atoms. The maximum atomic E-state index is 13.0. The highest BCUT2D eigenvalue weighted by molar-refractivity contribution is 7.90. The van der Waals surface area contributed by atoms with Gasteiger partial charge in [0, 0.05) is 17.7 Å². The minimum atomic E-state index is -3.65. The lowest BCUT2D eigenvalue weighted by Crippen LogP contribution is -2.20. The van der Waals surface area contributed by atoms with Crippen LogP contribution >= 0.6 is 12.4 Å². The molecule has 0 saturated heterocycles. The number of carboxylic acids is 1. The standard InChI is InChI=1S/C22H23NO6S.ClH/c1-23(2)11-13-29-21-19(22(24)25)9-8-17(20(21)16-10-12-28-14-16)15-30(26,27)18-6-4-3-5-7-18;/h3-10,12,14H,11,13,15H2,1-2H3,(H,24,25);1H. The number of hydrogen-bond donors (Lipinski definition) is 1. The number of benzene rings is 2. The van der Waals surface area contributed by atoms with Crippen molar-refractivity contribution in [2.24, 2.45) is 0 Å². The van der Waals surface area contributed by atoms with Crippen LogP contribution in [-0.4, -0.2) is 51.6 Å². The van der Waals surface area contributed by atoms with Gasteiger partial charge in [-0.1, -0.05) is 24.3 Å². The topological polar surface area (TPSA) is 97.0 Å². The predicted octanol–water partition coefficient (Wildman–Crippen LogP) is 3.98. The number of nitrogens with zero attached hydrogens (tertiary/aromatic N) is 1. The lowest BCUT2D eigenvalue weighted by Gasteiger charge is -2.18. The first-order chi connectivity index (χ1) is 14.3. The summed E-state index contributed by atoms with van der Waals surface area (Å²) in [6, 6.07) is 12.7. The molecule has 1 aromatic heterocycles. The van der Waals surface area contributed by atoms with Crippen molar-refractivity contribution < 1.29 is 27.5 Å². The van der Waals surface area contributed by atoms with Crippen LogP contribution in [0.3, 0.4) is 0 Å². The first-order valence-electron chi connectivity index (χ1n) is 9.26. The second kappa shape index (κ2) is 10.5. The zero-order chi connectivity index (χ0) is 21.7. The molecule has 0 bridgehead atoms. The van der Waals surface area contributed by atoms with Crippen molar-refractivity contribution >= 4 is 28.2 Å². The molecular weight excluding hydrogens is 442 g/mol. The van der Waals surface area contributed by atoms with Crippen LogP contribution < -0.4 is 4.74 Å². The third-order valence-corrected chi connectivity index (χ3v) is 6.20. The highest BCUT2D eigenvalue weighted by Gasteiger charge is 2.25. The molecule has 7 nitrogen and oxygen atoms in total. The van der Waals surface area contributed by atoms with E-state index >= 15 is 0 Å². The van der Waals surface area contributed by atoms with Crippen LogP contribution in [0.4, 0.5) is 0 Å². The molecule has 0 unspecified atom stereocenters. The van der Waals surface area contributed by atoms with E-state index in [9.17, 15) is 18.3 Å². The van der Waals surface area contributed by atoms with E-state index in [4.69, 9.17) is 9.15 Å². The highest BCUT2D eigenvalue weighted by Crippen LogP contribution is 2.38. The van der Waals surface area contributed by atoms with Gasteiger partial charge in [-0.3, -0.25) is 0 Å². The summed E-state index contributed by atoms with van der Waals surface area (Å²) in [6.45, 7) is 0.809. The Morgan fingerprint density at radius 2 is 1.81 bits per heavy atom. The van der Waals surface area contributed by atoms with Crippen LogP contribution in [0.5, 0.6) is 5.75 Å². The molecular formula is C22H24ClNO6S. The van der Waals surface area contributed by atoms with Gasteiger partial charge in [0.2, 0.25) is 0 Å². The largest absolute Gasteiger partial charge is 0.491 e. The van der Waals surface area contributed by atoms with E-state index in [2.05, 4.69) is 0 Å². The van der Waals surface area contributed by atoms with Crippen molar-refractivity contribution in [1.29, 1.82) is 0 Å². The fourth-order valence-electron chi connectivity index (χ4n) is 3.03. The summed E-state index contributed by atoms with van der Waals surface area (Å²) >= 11 is 0. The van der Waals surface area contributed by atoms with E-state index < -0.39 is 15.8 Å². The molecule has 0 atom stereocenters. The van der Waals surface area contributed by atoms with Gasteiger partial charge in [-0.2, -0.15) is 0 Å². The smallest absolute Gasteiger partial charge is 0.339 e. The zero-order valence-corrected chi connectivity index (χ0v) is 18.8. The van der Waals surface area contributed by atoms with Gasteiger partial charge in [-0.05, 0) is 43.9 Å². The van der Waals surface area contributed by atoms with Gasteiger partial charge >= 0.3 is 5.97 Å². The van der Waals surface area contributed by atoms with Crippen molar-refractivity contribution in [2.75, 3.05) is 27.2 Å². The van der Waals surface area contributed by atoms with Gasteiger partial charge in [0.05, 0.1) is 23.2 Å². The number of halogens is 1. The molecule has 0 fully saturated rings. The molecule has 0 aliphatic rings. The maximum absolute atomic E-state index is 13.0. The minimum Gasteiger partial charge on any atom is -0.491 e. The average Bonchev–Trinajstić information content (AvgIpc) is 3.22. The Morgan fingerprint density at radius 1 is 1.10 bits per heavy atom. The number of furan rings is 1. The summed E-state index contributed by atoms with van der Waals surface area (Å²) < 4.78 is 37.0. The number of hydrogen-bond acceptors (Lipinski definition) is 6. The molecule has 2 aromatic carbocycles. The second-order valence-electron chi connectivity index (χ2n) is 7.02. The Labute approximate surface area is 187 Å². The summed E-state index contributed by atoms with van der Waals surface area (Å²) in [5, 5.41) is 9.67. The second-order valence-corrected chi connectivity index (χ2v) is 9.01. The number of aromatic carboxylic acids is 1. The summed E-state index contributed by atoms with van der Waals surface area (Å²) in [6.07, 6.45) is 2.89. The summed E-state index contributed by atoms with van der Waals surface area (Å²) in [4.78, 5) is 13.9. The molecule has 0 amide bonds. The van der Waals surface area contributed by atoms with E-state index in [1.165, 1.54) is 36.8 Å². The molecule has 3 aromatic rings. The molecule has 0 spiro atoms. The van der Waals surface area contributed by atoms with E-state index in [0.717, 1.165) is 0 Å². The van der Waals surface area contributed by atoms with Crippen molar-refractivity contribution in [3.63, 3.8) is 0 Å². The number of rotatable bonds is 9. The monoisotopic (exact) mass is 465 g/mol. The van der Waals surface area contributed by atoms with Gasteiger partial charge in [0.1, 0.15) is 17.9 Å². The van der Waals surface area contributed by atoms with E-state index in [1.54, 1.807) is 24.3 Å². The van der Waals surface area contributed by atoms with E-state index in [0.29, 0.717) is 23.2 Å². The van der Waals surface area contributed by atoms with Gasteiger partial charge < -0.3 is 19.2 Å². The molecule has 9 heteroatoms. The summed E-state index contributed by atoms with van der Waals surface area (Å²) in [5.74, 6) is -1.33. The van der Waals surface area contributed by atoms with Crippen molar-refractivity contribution in [1.82, 2.24) is 4.90 Å². The van der Waals surface area contributed by atoms with Gasteiger partial charge in [0.25, 0.3) is 0 Å². The number of sulfone groups is 1. The minimum absolute atomic E-state index is 0. The first kappa shape index (κ1) is 24.5. The predicted molar refractivity (Wildman–Crippen MR) is 120 cm³/mol. The van der Waals surface area contributed by atoms with E-state index in [1.807, 2.05) is 19.0 Å². The normalized spacial score (nSPS) is 11.2. The van der Waals surface area contributed by atoms with Crippen LogP contribution in [0.2, 0.25) is 0 Å². The first-order valence-corrected chi connectivity index (χ1v) is 10.9. The van der Waals surface area contributed by atoms with Crippen molar-refractivity contribution in [3.05, 3.63) is 72.2 Å². The summed E-state index contributed by atoms with van der Waals surface area (Å²) in [7, 11) is 0.100. The SMILES string of the molecule is CN(C)CCOc1c(C(=O)O)ccc(CS(=O)(=O)c2ccccc2)c1-c1ccoc1.Cl. The Morgan fingerprint density at radius 3 is 2.39 bits per heavy atom. The molecule has 1 heterocycles. The van der Waals surface area contributed by atoms with Gasteiger partial charge in [0.15, 0.2) is 9.84 Å². The number of likely N-dealkylation sites (N-methyl/N-ethyl adjacent to an activating group) is 1. The molecule has 0 aliphatic carbocycles. The lowest BCUT2D eigenvalue weighted by molar-refractivity contribution is 0.0692. The Hall–Kier alpha value is -2.81. The lowest BCUT2D eigenvalue weighted by atomic mass is 9.98. The fraction of sp³-hybridized carbons (Fsp3) is 0.227. The van der Waals surface area contributed by atoms with Crippen molar-refractivity contribution in [2.45, 2.75) is 10.6 Å². The fourth-order valence-corrected chi connectivity index (χ4v) is 4.42. The Bertz CT molecular complexity index is 1110. The molecule has 166 valence electrons. The Balaban J connectivity index is 0.00000341. The Kier molecular flexibility index (Phi) is 8.27. The van der Waals surface area contributed by atoms with Crippen LogP contribution in [0, 0.1) is 0 Å². The molecule has 0 saturated carbocycles. The zero-order valence-electron chi connectivity index (χ0n) is 17.1. The quantitative estimate of drug-likeness (QED) is 0.510. The summed E-state index contributed by atoms with van der Waals surface area (Å²) in [5.41, 5.74) is 1.36. The van der Waals surface area contributed by atoms with Crippen molar-refractivity contribution in [3.8, 4) is 16.9 Å². The molecule has 3 rings (SSSR count). The third kappa shape index (κ3) is 5.88. The molecule has 0 aliphatic heterocycles. The molecule has 1 N–H and O–H groups in total. The maximum Gasteiger partial charge on any atom is 0.339 e. The molecule has 0 radical (unpaired) electrons. The highest BCUT2D eigenvalue weighted by atomic mass is 35.5. The van der Waals surface area contributed by atoms with Gasteiger partial charge in [-0.15, -0.1) is 12.4 Å². The number of carboxylic acid groups (broad SMARTS) is 1. The number of ether oxygens (including phenoxy) is 1. The van der Waals surface area contributed by atoms with Crippen LogP contribution in [0.1, 0.15) is 15.9 Å². The van der Waals surface area contributed by atoms with Crippen LogP contribution in [0.25, 0.3) is 11.1 Å². The van der Waals surface area contributed by atoms with Gasteiger partial charge in [-0.25, -0.2) is 13.2 Å².